The minimum absolute atomic E-state index is 0.00799. The first-order valence-corrected chi connectivity index (χ1v) is 11.2. The summed E-state index contributed by atoms with van der Waals surface area (Å²) in [6, 6.07) is 9.14. The molecule has 0 aliphatic carbocycles. The first-order valence-electron chi connectivity index (χ1n) is 11.2. The maximum atomic E-state index is 14.1. The number of hydrogen-bond donors (Lipinski definition) is 1. The van der Waals surface area contributed by atoms with Crippen molar-refractivity contribution in [2.24, 2.45) is 0 Å². The Morgan fingerprint density at radius 3 is 2.86 bits per heavy atom. The number of ether oxygens (including phenoxy) is 2. The zero-order valence-corrected chi connectivity index (χ0v) is 19.0. The van der Waals surface area contributed by atoms with Crippen molar-refractivity contribution in [1.29, 1.82) is 0 Å². The third-order valence-electron chi connectivity index (χ3n) is 5.88. The molecule has 0 bridgehead atoms. The van der Waals surface area contributed by atoms with Crippen LogP contribution in [0.5, 0.6) is 11.5 Å². The zero-order valence-electron chi connectivity index (χ0n) is 19.0. The number of hydrogen-bond acceptors (Lipinski definition) is 8. The van der Waals surface area contributed by atoms with Gasteiger partial charge in [-0.15, -0.1) is 0 Å². The topological polar surface area (TPSA) is 126 Å². The molecule has 5 aromatic rings. The molecule has 1 N–H and O–H groups in total. The van der Waals surface area contributed by atoms with Crippen molar-refractivity contribution in [1.82, 2.24) is 24.3 Å². The highest BCUT2D eigenvalue weighted by Crippen LogP contribution is 2.34. The van der Waals surface area contributed by atoms with Gasteiger partial charge in [0.15, 0.2) is 17.3 Å². The largest absolute Gasteiger partial charge is 0.454 e. The summed E-state index contributed by atoms with van der Waals surface area (Å²) in [6.07, 6.45) is 1.94. The van der Waals surface area contributed by atoms with Crippen LogP contribution < -0.4 is 20.3 Å². The lowest BCUT2D eigenvalue weighted by Crippen LogP contribution is -2.25. The molecule has 36 heavy (non-hydrogen) atoms. The Labute approximate surface area is 202 Å². The molecule has 0 unspecified atom stereocenters. The number of benzene rings is 2. The lowest BCUT2D eigenvalue weighted by atomic mass is 10.2. The number of nitrogens with zero attached hydrogens (tertiary/aromatic N) is 5. The summed E-state index contributed by atoms with van der Waals surface area (Å²) >= 11 is 0. The van der Waals surface area contributed by atoms with Gasteiger partial charge in [0.25, 0.3) is 5.56 Å². The molecule has 12 heteroatoms. The second-order valence-corrected chi connectivity index (χ2v) is 8.20. The van der Waals surface area contributed by atoms with Gasteiger partial charge in [-0.3, -0.25) is 14.2 Å². The summed E-state index contributed by atoms with van der Waals surface area (Å²) in [4.78, 5) is 35.2. The van der Waals surface area contributed by atoms with E-state index < -0.39 is 17.3 Å². The average molecular weight is 490 g/mol. The van der Waals surface area contributed by atoms with E-state index in [1.165, 1.54) is 33.7 Å². The van der Waals surface area contributed by atoms with Crippen LogP contribution in [-0.2, 0) is 24.3 Å². The van der Waals surface area contributed by atoms with Crippen molar-refractivity contribution in [3.05, 3.63) is 70.6 Å². The maximum absolute atomic E-state index is 14.1. The van der Waals surface area contributed by atoms with Crippen molar-refractivity contribution in [2.45, 2.75) is 26.4 Å². The molecule has 1 aliphatic rings. The normalized spacial score (nSPS) is 12.5. The van der Waals surface area contributed by atoms with Crippen LogP contribution in [0.4, 0.5) is 10.1 Å². The summed E-state index contributed by atoms with van der Waals surface area (Å²) in [5, 5.41) is 7.08. The maximum Gasteiger partial charge on any atom is 0.278 e. The second kappa shape index (κ2) is 8.48. The summed E-state index contributed by atoms with van der Waals surface area (Å²) < 4.78 is 32.8. The van der Waals surface area contributed by atoms with E-state index in [2.05, 4.69) is 20.4 Å². The molecular weight excluding hydrogens is 471 g/mol. The summed E-state index contributed by atoms with van der Waals surface area (Å²) in [5.74, 6) is 1.03. The fourth-order valence-corrected chi connectivity index (χ4v) is 4.21. The van der Waals surface area contributed by atoms with Crippen LogP contribution in [0.2, 0.25) is 0 Å². The predicted octanol–water partition coefficient (Wildman–Crippen LogP) is 2.85. The van der Waals surface area contributed by atoms with Crippen LogP contribution in [0.25, 0.3) is 21.9 Å². The van der Waals surface area contributed by atoms with Crippen LogP contribution in [0.1, 0.15) is 18.6 Å². The average Bonchev–Trinajstić information content (AvgIpc) is 3.59. The summed E-state index contributed by atoms with van der Waals surface area (Å²) in [7, 11) is 0. The Morgan fingerprint density at radius 1 is 1.17 bits per heavy atom. The highest BCUT2D eigenvalue weighted by atomic mass is 19.1. The van der Waals surface area contributed by atoms with E-state index in [1.807, 2.05) is 6.92 Å². The fourth-order valence-electron chi connectivity index (χ4n) is 4.21. The highest BCUT2D eigenvalue weighted by Gasteiger charge is 2.21. The number of aromatic nitrogens is 5. The predicted molar refractivity (Wildman–Crippen MR) is 125 cm³/mol. The van der Waals surface area contributed by atoms with Crippen molar-refractivity contribution in [3.8, 4) is 11.5 Å². The summed E-state index contributed by atoms with van der Waals surface area (Å²) in [6.45, 7) is 1.81. The Morgan fingerprint density at radius 2 is 2.03 bits per heavy atom. The van der Waals surface area contributed by atoms with Crippen LogP contribution in [0, 0.1) is 5.82 Å². The van der Waals surface area contributed by atoms with Crippen molar-refractivity contribution in [3.63, 3.8) is 0 Å². The zero-order chi connectivity index (χ0) is 24.8. The minimum atomic E-state index is -0.477. The van der Waals surface area contributed by atoms with E-state index in [9.17, 15) is 14.0 Å². The number of aryl methyl sites for hydroxylation is 1. The molecular formula is C24H19FN6O5. The molecule has 0 spiro atoms. The third kappa shape index (κ3) is 3.72. The number of halogens is 1. The first-order chi connectivity index (χ1) is 17.5. The van der Waals surface area contributed by atoms with E-state index in [0.29, 0.717) is 45.9 Å². The molecule has 1 amide bonds. The molecule has 182 valence electrons. The monoisotopic (exact) mass is 490 g/mol. The number of carbonyl (C=O) groups excluding carboxylic acids is 1. The number of nitrogens with one attached hydrogen (secondary N) is 1. The molecule has 3 aromatic heterocycles. The van der Waals surface area contributed by atoms with Gasteiger partial charge in [-0.25, -0.2) is 9.37 Å². The second-order valence-electron chi connectivity index (χ2n) is 8.20. The smallest absolute Gasteiger partial charge is 0.278 e. The molecule has 0 atom stereocenters. The van der Waals surface area contributed by atoms with Gasteiger partial charge in [0, 0.05) is 23.6 Å². The van der Waals surface area contributed by atoms with Gasteiger partial charge in [0.05, 0.1) is 11.8 Å². The molecule has 6 rings (SSSR count). The van der Waals surface area contributed by atoms with Gasteiger partial charge >= 0.3 is 0 Å². The Kier molecular flexibility index (Phi) is 5.13. The van der Waals surface area contributed by atoms with Gasteiger partial charge in [-0.1, -0.05) is 12.1 Å². The van der Waals surface area contributed by atoms with Crippen molar-refractivity contribution >= 4 is 33.5 Å². The van der Waals surface area contributed by atoms with Gasteiger partial charge in [-0.2, -0.15) is 4.98 Å². The van der Waals surface area contributed by atoms with Crippen LogP contribution in [0.15, 0.2) is 52.0 Å². The van der Waals surface area contributed by atoms with E-state index >= 15 is 0 Å². The van der Waals surface area contributed by atoms with E-state index in [4.69, 9.17) is 14.0 Å². The van der Waals surface area contributed by atoms with E-state index in [1.54, 1.807) is 18.2 Å². The number of fused-ring (bicyclic) bond motifs is 4. The molecule has 4 heterocycles. The van der Waals surface area contributed by atoms with Crippen LogP contribution in [-0.4, -0.2) is 37.0 Å². The molecule has 11 nitrogen and oxygen atoms in total. The van der Waals surface area contributed by atoms with Gasteiger partial charge < -0.3 is 23.9 Å². The SMILES string of the molecule is CCc1noc(Cn2cnc3c4cc(F)ccc4n(CC(=O)Nc4ccc5c(c4)OCO5)c3c2=O)n1. The quantitative estimate of drug-likeness (QED) is 0.385. The van der Waals surface area contributed by atoms with Crippen LogP contribution in [0.3, 0.4) is 0 Å². The lowest BCUT2D eigenvalue weighted by molar-refractivity contribution is -0.116. The van der Waals surface area contributed by atoms with Gasteiger partial charge in [-0.05, 0) is 30.3 Å². The Balaban J connectivity index is 1.39. The fraction of sp³-hybridized carbons (Fsp3) is 0.208. The molecule has 1 aliphatic heterocycles. The first kappa shape index (κ1) is 21.8. The van der Waals surface area contributed by atoms with Gasteiger partial charge in [0.1, 0.15) is 29.9 Å². The van der Waals surface area contributed by atoms with Crippen molar-refractivity contribution < 1.29 is 23.2 Å². The number of amides is 1. The molecule has 0 saturated heterocycles. The highest BCUT2D eigenvalue weighted by molar-refractivity contribution is 6.06. The minimum Gasteiger partial charge on any atom is -0.454 e. The molecule has 0 radical (unpaired) electrons. The van der Waals surface area contributed by atoms with Crippen molar-refractivity contribution in [2.75, 3.05) is 12.1 Å². The molecule has 0 fully saturated rings. The van der Waals surface area contributed by atoms with Crippen LogP contribution >= 0.6 is 0 Å². The molecule has 0 saturated carbocycles. The van der Waals surface area contributed by atoms with E-state index in [-0.39, 0.29) is 31.3 Å². The molecule has 2 aromatic carbocycles. The number of carbonyl (C=O) groups is 1. The Bertz CT molecular complexity index is 1710. The van der Waals surface area contributed by atoms with E-state index in [0.717, 1.165) is 0 Å². The van der Waals surface area contributed by atoms with Gasteiger partial charge in [0.2, 0.25) is 18.6 Å². The lowest BCUT2D eigenvalue weighted by Gasteiger charge is -2.10. The Hall–Kier alpha value is -4.74. The number of rotatable bonds is 6. The number of anilines is 1. The standard InChI is InChI=1S/C24H19FN6O5/c1-2-19-28-21(36-29-19)10-30-11-26-22-15-7-13(25)3-5-16(15)31(23(22)24(30)33)9-20(32)27-14-4-6-17-18(8-14)35-12-34-17/h3-8,11H,2,9-10,12H2,1H3,(H,27,32). The summed E-state index contributed by atoms with van der Waals surface area (Å²) in [5.41, 5.74) is 1.04. The third-order valence-corrected chi connectivity index (χ3v) is 5.88.